The Morgan fingerprint density at radius 2 is 2.00 bits per heavy atom. The molecule has 0 radical (unpaired) electrons. The minimum absolute atomic E-state index is 0.0198. The molecule has 1 rings (SSSR count). The van der Waals surface area contributed by atoms with E-state index >= 15 is 0 Å². The summed E-state index contributed by atoms with van der Waals surface area (Å²) >= 11 is 0. The summed E-state index contributed by atoms with van der Waals surface area (Å²) in [5.74, 6) is 0.762. The number of esters is 1. The highest BCUT2D eigenvalue weighted by atomic mass is 16.5. The van der Waals surface area contributed by atoms with Crippen LogP contribution in [-0.2, 0) is 16.0 Å². The minimum atomic E-state index is -0.616. The molecule has 0 saturated heterocycles. The van der Waals surface area contributed by atoms with Crippen molar-refractivity contribution in [1.82, 2.24) is 0 Å². The van der Waals surface area contributed by atoms with Gasteiger partial charge in [-0.15, -0.1) is 0 Å². The van der Waals surface area contributed by atoms with Crippen LogP contribution in [0.15, 0.2) is 23.4 Å². The van der Waals surface area contributed by atoms with Crippen LogP contribution in [-0.4, -0.2) is 37.2 Å². The highest BCUT2D eigenvalue weighted by Crippen LogP contribution is 2.25. The predicted molar refractivity (Wildman–Crippen MR) is 78.3 cm³/mol. The van der Waals surface area contributed by atoms with E-state index in [-0.39, 0.29) is 18.2 Å². The lowest BCUT2D eigenvalue weighted by molar-refractivity contribution is -0.139. The van der Waals surface area contributed by atoms with Gasteiger partial charge in [0.05, 0.1) is 20.3 Å². The molecule has 0 saturated carbocycles. The third-order valence-electron chi connectivity index (χ3n) is 2.82. The Kier molecular flexibility index (Phi) is 6.52. The molecule has 0 aliphatic heterocycles. The Labute approximate surface area is 124 Å². The molecule has 6 heteroatoms. The van der Waals surface area contributed by atoms with Gasteiger partial charge < -0.3 is 19.4 Å². The van der Waals surface area contributed by atoms with E-state index in [1.165, 1.54) is 0 Å². The fraction of sp³-hybridized carbons (Fsp3) is 0.467. The maximum Gasteiger partial charge on any atom is 0.356 e. The van der Waals surface area contributed by atoms with E-state index in [2.05, 4.69) is 5.16 Å². The Bertz CT molecular complexity index is 511. The number of methoxy groups -OCH3 is 2. The first-order valence-electron chi connectivity index (χ1n) is 6.64. The Morgan fingerprint density at radius 3 is 2.52 bits per heavy atom. The molecule has 1 N–H and O–H groups in total. The van der Waals surface area contributed by atoms with E-state index in [0.29, 0.717) is 17.9 Å². The van der Waals surface area contributed by atoms with Crippen molar-refractivity contribution < 1.29 is 24.2 Å². The summed E-state index contributed by atoms with van der Waals surface area (Å²) in [6, 6.07) is 5.40. The van der Waals surface area contributed by atoms with Crippen LogP contribution in [0.1, 0.15) is 25.8 Å². The van der Waals surface area contributed by atoms with Crippen molar-refractivity contribution in [2.45, 2.75) is 32.8 Å². The topological polar surface area (TPSA) is 77.4 Å². The van der Waals surface area contributed by atoms with E-state index in [1.807, 2.05) is 6.07 Å². The number of oxime groups is 1. The van der Waals surface area contributed by atoms with Gasteiger partial charge in [0.25, 0.3) is 0 Å². The maximum absolute atomic E-state index is 11.7. The molecule has 1 aromatic rings. The molecule has 0 spiro atoms. The average molecular weight is 295 g/mol. The zero-order chi connectivity index (χ0) is 15.8. The molecule has 0 unspecified atom stereocenters. The zero-order valence-corrected chi connectivity index (χ0v) is 12.8. The third kappa shape index (κ3) is 4.98. The number of benzene rings is 1. The summed E-state index contributed by atoms with van der Waals surface area (Å²) in [6.45, 7) is 3.47. The lowest BCUT2D eigenvalue weighted by Gasteiger charge is -2.11. The van der Waals surface area contributed by atoms with Crippen molar-refractivity contribution in [1.29, 1.82) is 0 Å². The number of hydrogen-bond donors (Lipinski definition) is 1. The summed E-state index contributed by atoms with van der Waals surface area (Å²) in [7, 11) is 3.14. The van der Waals surface area contributed by atoms with Crippen molar-refractivity contribution in [3.05, 3.63) is 23.8 Å². The molecule has 0 amide bonds. The van der Waals surface area contributed by atoms with E-state index in [9.17, 15) is 4.79 Å². The smallest absolute Gasteiger partial charge is 0.356 e. The molecule has 116 valence electrons. The first kappa shape index (κ1) is 16.8. The average Bonchev–Trinajstić information content (AvgIpc) is 2.46. The third-order valence-corrected chi connectivity index (χ3v) is 2.82. The molecule has 0 heterocycles. The first-order valence-corrected chi connectivity index (χ1v) is 6.64. The van der Waals surface area contributed by atoms with Gasteiger partial charge in [0.1, 0.15) is 11.5 Å². The fourth-order valence-corrected chi connectivity index (χ4v) is 1.81. The number of carbonyl (C=O) groups excluding carboxylic acids is 1. The number of aryl methyl sites for hydroxylation is 1. The van der Waals surface area contributed by atoms with Crippen LogP contribution in [0.4, 0.5) is 0 Å². The van der Waals surface area contributed by atoms with Gasteiger partial charge in [-0.25, -0.2) is 4.79 Å². The molecule has 0 aliphatic carbocycles. The SMILES string of the molecule is COc1ccc(OC)c(CCC(=NO)C(=O)OC(C)C)c1. The van der Waals surface area contributed by atoms with Gasteiger partial charge in [0, 0.05) is 6.42 Å². The van der Waals surface area contributed by atoms with Gasteiger partial charge in [-0.3, -0.25) is 0 Å². The van der Waals surface area contributed by atoms with Crippen LogP contribution < -0.4 is 9.47 Å². The van der Waals surface area contributed by atoms with E-state index < -0.39 is 5.97 Å². The molecule has 0 fully saturated rings. The highest BCUT2D eigenvalue weighted by Gasteiger charge is 2.16. The zero-order valence-electron chi connectivity index (χ0n) is 12.8. The second-order valence-electron chi connectivity index (χ2n) is 4.68. The summed E-state index contributed by atoms with van der Waals surface area (Å²) < 4.78 is 15.4. The molecule has 21 heavy (non-hydrogen) atoms. The van der Waals surface area contributed by atoms with Gasteiger partial charge in [-0.05, 0) is 44.0 Å². The monoisotopic (exact) mass is 295 g/mol. The van der Waals surface area contributed by atoms with Gasteiger partial charge in [-0.2, -0.15) is 0 Å². The quantitative estimate of drug-likeness (QED) is 0.362. The largest absolute Gasteiger partial charge is 0.497 e. The van der Waals surface area contributed by atoms with E-state index in [0.717, 1.165) is 5.56 Å². The standard InChI is InChI=1S/C15H21NO5/c1-10(2)21-15(17)13(16-18)7-5-11-9-12(19-3)6-8-14(11)20-4/h6,8-10,18H,5,7H2,1-4H3. The molecule has 0 aliphatic rings. The Morgan fingerprint density at radius 1 is 1.29 bits per heavy atom. The van der Waals surface area contributed by atoms with Gasteiger partial charge >= 0.3 is 5.97 Å². The van der Waals surface area contributed by atoms with Crippen molar-refractivity contribution in [2.24, 2.45) is 5.16 Å². The van der Waals surface area contributed by atoms with Gasteiger partial charge in [0.2, 0.25) is 0 Å². The van der Waals surface area contributed by atoms with Crippen LogP contribution in [0.5, 0.6) is 11.5 Å². The molecule has 0 bridgehead atoms. The lowest BCUT2D eigenvalue weighted by atomic mass is 10.1. The normalized spacial score (nSPS) is 11.4. The maximum atomic E-state index is 11.7. The predicted octanol–water partition coefficient (Wildman–Crippen LogP) is 2.42. The number of carbonyl (C=O) groups is 1. The van der Waals surface area contributed by atoms with Crippen LogP contribution in [0, 0.1) is 0 Å². The Balaban J connectivity index is 2.79. The summed E-state index contributed by atoms with van der Waals surface area (Å²) in [5.41, 5.74) is 0.837. The second-order valence-corrected chi connectivity index (χ2v) is 4.68. The van der Waals surface area contributed by atoms with E-state index in [1.54, 1.807) is 40.2 Å². The first-order chi connectivity index (χ1) is 10.0. The lowest BCUT2D eigenvalue weighted by Crippen LogP contribution is -2.22. The van der Waals surface area contributed by atoms with Crippen molar-refractivity contribution in [2.75, 3.05) is 14.2 Å². The summed E-state index contributed by atoms with van der Waals surface area (Å²) in [5, 5.41) is 12.0. The number of hydrogen-bond acceptors (Lipinski definition) is 6. The van der Waals surface area contributed by atoms with Crippen LogP contribution in [0.3, 0.4) is 0 Å². The van der Waals surface area contributed by atoms with Crippen LogP contribution in [0.2, 0.25) is 0 Å². The number of ether oxygens (including phenoxy) is 3. The molecule has 6 nitrogen and oxygen atoms in total. The highest BCUT2D eigenvalue weighted by molar-refractivity contribution is 6.36. The van der Waals surface area contributed by atoms with Crippen molar-refractivity contribution in [3.8, 4) is 11.5 Å². The van der Waals surface area contributed by atoms with Crippen molar-refractivity contribution in [3.63, 3.8) is 0 Å². The summed E-state index contributed by atoms with van der Waals surface area (Å²) in [4.78, 5) is 11.7. The number of nitrogens with zero attached hydrogens (tertiary/aromatic N) is 1. The molecular formula is C15H21NO5. The molecule has 0 atom stereocenters. The van der Waals surface area contributed by atoms with E-state index in [4.69, 9.17) is 19.4 Å². The Hall–Kier alpha value is -2.24. The van der Waals surface area contributed by atoms with Crippen molar-refractivity contribution >= 4 is 11.7 Å². The fourth-order valence-electron chi connectivity index (χ4n) is 1.81. The molecular weight excluding hydrogens is 274 g/mol. The van der Waals surface area contributed by atoms with Crippen LogP contribution >= 0.6 is 0 Å². The second kappa shape index (κ2) is 8.14. The van der Waals surface area contributed by atoms with Gasteiger partial charge in [-0.1, -0.05) is 5.16 Å². The van der Waals surface area contributed by atoms with Gasteiger partial charge in [0.15, 0.2) is 5.71 Å². The minimum Gasteiger partial charge on any atom is -0.497 e. The molecule has 1 aromatic carbocycles. The summed E-state index contributed by atoms with van der Waals surface area (Å²) in [6.07, 6.45) is 0.444. The molecule has 0 aromatic heterocycles. The van der Waals surface area contributed by atoms with Crippen LogP contribution in [0.25, 0.3) is 0 Å². The number of rotatable bonds is 7.